The predicted octanol–water partition coefficient (Wildman–Crippen LogP) is 3.20. The van der Waals surface area contributed by atoms with Gasteiger partial charge >= 0.3 is 0 Å². The molecule has 5 nitrogen and oxygen atoms in total. The molecule has 0 saturated heterocycles. The van der Waals surface area contributed by atoms with Crippen LogP contribution in [0.2, 0.25) is 0 Å². The van der Waals surface area contributed by atoms with Crippen molar-refractivity contribution in [2.24, 2.45) is 0 Å². The van der Waals surface area contributed by atoms with Crippen LogP contribution < -0.4 is 9.64 Å². The van der Waals surface area contributed by atoms with Crippen LogP contribution in [-0.4, -0.2) is 46.2 Å². The van der Waals surface area contributed by atoms with E-state index in [1.807, 2.05) is 66.5 Å². The van der Waals surface area contributed by atoms with Gasteiger partial charge < -0.3 is 9.64 Å². The lowest BCUT2D eigenvalue weighted by Crippen LogP contribution is -2.28. The lowest BCUT2D eigenvalue weighted by atomic mass is 10.2. The van der Waals surface area contributed by atoms with Crippen LogP contribution in [0.1, 0.15) is 6.42 Å². The van der Waals surface area contributed by atoms with E-state index in [9.17, 15) is 8.42 Å². The first-order valence-corrected chi connectivity index (χ1v) is 9.44. The van der Waals surface area contributed by atoms with E-state index in [-0.39, 0.29) is 5.75 Å². The molecular weight excluding hydrogens is 324 g/mol. The molecule has 130 valence electrons. The number of para-hydroxylation sites is 3. The summed E-state index contributed by atoms with van der Waals surface area (Å²) in [4.78, 5) is 2.02. The highest BCUT2D eigenvalue weighted by molar-refractivity contribution is 7.89. The molecule has 0 aliphatic carbocycles. The SMILES string of the molecule is CN(CCCS(=O)(=O)N(C)C)c1ccccc1Oc1ccccc1. The summed E-state index contributed by atoms with van der Waals surface area (Å²) in [6.45, 7) is 0.627. The number of hydrogen-bond acceptors (Lipinski definition) is 4. The second-order valence-corrected chi connectivity index (χ2v) is 8.06. The van der Waals surface area contributed by atoms with Crippen LogP contribution in [0.5, 0.6) is 11.5 Å². The smallest absolute Gasteiger partial charge is 0.213 e. The first-order chi connectivity index (χ1) is 11.4. The van der Waals surface area contributed by atoms with E-state index in [1.165, 1.54) is 4.31 Å². The first-order valence-electron chi connectivity index (χ1n) is 7.83. The molecule has 0 unspecified atom stereocenters. The molecule has 0 saturated carbocycles. The number of rotatable bonds is 8. The maximum absolute atomic E-state index is 11.8. The molecule has 0 radical (unpaired) electrons. The summed E-state index contributed by atoms with van der Waals surface area (Å²) >= 11 is 0. The first kappa shape index (κ1) is 18.3. The zero-order chi connectivity index (χ0) is 17.6. The number of nitrogens with zero attached hydrogens (tertiary/aromatic N) is 2. The van der Waals surface area contributed by atoms with Gasteiger partial charge in [0.2, 0.25) is 10.0 Å². The fourth-order valence-corrected chi connectivity index (χ4v) is 3.12. The molecule has 0 aliphatic rings. The van der Waals surface area contributed by atoms with Gasteiger partial charge in [0.05, 0.1) is 11.4 Å². The van der Waals surface area contributed by atoms with Gasteiger partial charge in [-0.25, -0.2) is 12.7 Å². The van der Waals surface area contributed by atoms with Crippen LogP contribution in [0, 0.1) is 0 Å². The average Bonchev–Trinajstić information content (AvgIpc) is 2.56. The average molecular weight is 348 g/mol. The number of ether oxygens (including phenoxy) is 1. The molecular formula is C18H24N2O3S. The number of hydrogen-bond donors (Lipinski definition) is 0. The van der Waals surface area contributed by atoms with Gasteiger partial charge in [-0.05, 0) is 30.7 Å². The Morgan fingerprint density at radius 1 is 0.917 bits per heavy atom. The van der Waals surface area contributed by atoms with Crippen molar-refractivity contribution >= 4 is 15.7 Å². The summed E-state index contributed by atoms with van der Waals surface area (Å²) in [7, 11) is 1.90. The van der Waals surface area contributed by atoms with Crippen LogP contribution >= 0.6 is 0 Å². The molecule has 2 aromatic carbocycles. The summed E-state index contributed by atoms with van der Waals surface area (Å²) in [5.41, 5.74) is 0.934. The van der Waals surface area contributed by atoms with Crippen molar-refractivity contribution in [2.45, 2.75) is 6.42 Å². The van der Waals surface area contributed by atoms with Gasteiger partial charge in [-0.3, -0.25) is 0 Å². The van der Waals surface area contributed by atoms with Crippen molar-refractivity contribution in [3.8, 4) is 11.5 Å². The molecule has 0 amide bonds. The van der Waals surface area contributed by atoms with Crippen LogP contribution in [0.25, 0.3) is 0 Å². The van der Waals surface area contributed by atoms with Gasteiger partial charge in [0.15, 0.2) is 5.75 Å². The quantitative estimate of drug-likeness (QED) is 0.735. The van der Waals surface area contributed by atoms with E-state index < -0.39 is 10.0 Å². The molecule has 0 spiro atoms. The summed E-state index contributed by atoms with van der Waals surface area (Å²) in [5, 5.41) is 0. The highest BCUT2D eigenvalue weighted by Gasteiger charge is 2.14. The zero-order valence-electron chi connectivity index (χ0n) is 14.3. The van der Waals surface area contributed by atoms with Gasteiger partial charge in [0.25, 0.3) is 0 Å². The highest BCUT2D eigenvalue weighted by Crippen LogP contribution is 2.31. The van der Waals surface area contributed by atoms with Crippen molar-refractivity contribution in [3.63, 3.8) is 0 Å². The maximum atomic E-state index is 11.8. The maximum Gasteiger partial charge on any atom is 0.213 e. The summed E-state index contributed by atoms with van der Waals surface area (Å²) in [5.74, 6) is 1.65. The Balaban J connectivity index is 2.03. The molecule has 24 heavy (non-hydrogen) atoms. The van der Waals surface area contributed by atoms with Crippen molar-refractivity contribution in [2.75, 3.05) is 38.3 Å². The predicted molar refractivity (Wildman–Crippen MR) is 98.3 cm³/mol. The molecule has 0 fully saturated rings. The van der Waals surface area contributed by atoms with E-state index in [2.05, 4.69) is 0 Å². The number of benzene rings is 2. The summed E-state index contributed by atoms with van der Waals surface area (Å²) in [6.07, 6.45) is 0.552. The lowest BCUT2D eigenvalue weighted by Gasteiger charge is -2.22. The Morgan fingerprint density at radius 2 is 1.54 bits per heavy atom. The Bertz CT molecular complexity index is 746. The van der Waals surface area contributed by atoms with Gasteiger partial charge in [-0.1, -0.05) is 30.3 Å². The van der Waals surface area contributed by atoms with Crippen molar-refractivity contribution < 1.29 is 13.2 Å². The second-order valence-electron chi connectivity index (χ2n) is 5.76. The lowest BCUT2D eigenvalue weighted by molar-refractivity contribution is 0.482. The highest BCUT2D eigenvalue weighted by atomic mass is 32.2. The summed E-state index contributed by atoms with van der Waals surface area (Å²) < 4.78 is 30.9. The van der Waals surface area contributed by atoms with Gasteiger partial charge in [0, 0.05) is 27.7 Å². The van der Waals surface area contributed by atoms with Crippen molar-refractivity contribution in [1.82, 2.24) is 4.31 Å². The Morgan fingerprint density at radius 3 is 2.21 bits per heavy atom. The minimum Gasteiger partial charge on any atom is -0.455 e. The van der Waals surface area contributed by atoms with E-state index in [0.717, 1.165) is 17.2 Å². The fourth-order valence-electron chi connectivity index (χ4n) is 2.26. The number of sulfonamides is 1. The molecule has 0 N–H and O–H groups in total. The van der Waals surface area contributed by atoms with E-state index >= 15 is 0 Å². The largest absolute Gasteiger partial charge is 0.455 e. The molecule has 0 bridgehead atoms. The molecule has 0 atom stereocenters. The third kappa shape index (κ3) is 4.97. The van der Waals surface area contributed by atoms with Crippen LogP contribution in [0.15, 0.2) is 54.6 Å². The normalized spacial score (nSPS) is 11.5. The van der Waals surface area contributed by atoms with E-state index in [0.29, 0.717) is 13.0 Å². The molecule has 0 aliphatic heterocycles. The summed E-state index contributed by atoms with van der Waals surface area (Å²) in [6, 6.07) is 17.3. The van der Waals surface area contributed by atoms with Crippen molar-refractivity contribution in [3.05, 3.63) is 54.6 Å². The van der Waals surface area contributed by atoms with Crippen molar-refractivity contribution in [1.29, 1.82) is 0 Å². The molecule has 2 rings (SSSR count). The Hall–Kier alpha value is -2.05. The Kier molecular flexibility index (Phi) is 6.23. The molecule has 0 heterocycles. The second kappa shape index (κ2) is 8.17. The monoisotopic (exact) mass is 348 g/mol. The molecule has 2 aromatic rings. The minimum atomic E-state index is -3.16. The van der Waals surface area contributed by atoms with E-state index in [4.69, 9.17) is 4.74 Å². The zero-order valence-corrected chi connectivity index (χ0v) is 15.2. The van der Waals surface area contributed by atoms with Crippen LogP contribution in [-0.2, 0) is 10.0 Å². The van der Waals surface area contributed by atoms with Crippen LogP contribution in [0.4, 0.5) is 5.69 Å². The van der Waals surface area contributed by atoms with Gasteiger partial charge in [-0.2, -0.15) is 0 Å². The molecule has 6 heteroatoms. The standard InChI is InChI=1S/C18H24N2O3S/c1-19(2)24(21,22)15-9-14-20(3)17-12-7-8-13-18(17)23-16-10-5-4-6-11-16/h4-8,10-13H,9,14-15H2,1-3H3. The Labute approximate surface area is 144 Å². The van der Waals surface area contributed by atoms with Gasteiger partial charge in [-0.15, -0.1) is 0 Å². The third-order valence-electron chi connectivity index (χ3n) is 3.70. The van der Waals surface area contributed by atoms with Crippen LogP contribution in [0.3, 0.4) is 0 Å². The van der Waals surface area contributed by atoms with Gasteiger partial charge in [0.1, 0.15) is 5.75 Å². The van der Waals surface area contributed by atoms with E-state index in [1.54, 1.807) is 14.1 Å². The number of anilines is 1. The molecule has 0 aromatic heterocycles. The fraction of sp³-hybridized carbons (Fsp3) is 0.333. The third-order valence-corrected chi connectivity index (χ3v) is 5.62. The topological polar surface area (TPSA) is 49.9 Å². The minimum absolute atomic E-state index is 0.131.